The number of rotatable bonds is 3. The van der Waals surface area contributed by atoms with Gasteiger partial charge >= 0.3 is 6.18 Å². The number of nitrogen functional groups attached to an aromatic ring is 1. The number of nitrogens with two attached hydrogens (primary N) is 1. The molecule has 96 valence electrons. The van der Waals surface area contributed by atoms with Crippen LogP contribution in [0.5, 0.6) is 0 Å². The average Bonchev–Trinajstić information content (AvgIpc) is 2.13. The molecule has 0 fully saturated rings. The number of sulfonamides is 1. The van der Waals surface area contributed by atoms with Crippen molar-refractivity contribution >= 4 is 27.3 Å². The van der Waals surface area contributed by atoms with Gasteiger partial charge in [0.2, 0.25) is 10.0 Å². The van der Waals surface area contributed by atoms with Gasteiger partial charge in [-0.3, -0.25) is 0 Å². The zero-order chi connectivity index (χ0) is 13.3. The summed E-state index contributed by atoms with van der Waals surface area (Å²) in [6, 6.07) is 3.41. The van der Waals surface area contributed by atoms with E-state index in [-0.39, 0.29) is 10.7 Å². The van der Waals surface area contributed by atoms with Crippen molar-refractivity contribution in [2.45, 2.75) is 11.1 Å². The molecule has 0 amide bonds. The second kappa shape index (κ2) is 4.71. The van der Waals surface area contributed by atoms with Crippen LogP contribution in [-0.2, 0) is 10.0 Å². The molecule has 1 aromatic carbocycles. The zero-order valence-corrected chi connectivity index (χ0v) is 9.83. The summed E-state index contributed by atoms with van der Waals surface area (Å²) in [6.45, 7) is -1.66. The summed E-state index contributed by atoms with van der Waals surface area (Å²) in [4.78, 5) is -0.447. The maximum atomic E-state index is 11.9. The van der Waals surface area contributed by atoms with Crippen molar-refractivity contribution in [2.24, 2.45) is 0 Å². The molecule has 0 radical (unpaired) electrons. The molecule has 0 saturated heterocycles. The van der Waals surface area contributed by atoms with Gasteiger partial charge < -0.3 is 5.73 Å². The Kier molecular flexibility index (Phi) is 3.90. The third-order valence-corrected chi connectivity index (χ3v) is 3.59. The second-order valence-corrected chi connectivity index (χ2v) is 5.27. The number of hydrogen-bond acceptors (Lipinski definition) is 3. The predicted octanol–water partition coefficient (Wildman–Crippen LogP) is 1.76. The quantitative estimate of drug-likeness (QED) is 0.833. The van der Waals surface area contributed by atoms with Gasteiger partial charge in [0.25, 0.3) is 0 Å². The standard InChI is InChI=1S/C8H8ClF3N2O2S/c9-6-3-5(13)1-2-7(6)17(15,16)14-4-8(10,11)12/h1-3,14H,4,13H2. The fraction of sp³-hybridized carbons (Fsp3) is 0.250. The molecule has 0 saturated carbocycles. The van der Waals surface area contributed by atoms with Crippen LogP contribution in [0.1, 0.15) is 0 Å². The highest BCUT2D eigenvalue weighted by atomic mass is 35.5. The van der Waals surface area contributed by atoms with E-state index in [0.717, 1.165) is 12.1 Å². The molecule has 0 spiro atoms. The third kappa shape index (κ3) is 4.06. The molecular weight excluding hydrogens is 281 g/mol. The van der Waals surface area contributed by atoms with Gasteiger partial charge in [0.15, 0.2) is 0 Å². The number of nitrogens with one attached hydrogen (secondary N) is 1. The SMILES string of the molecule is Nc1ccc(S(=O)(=O)NCC(F)(F)F)c(Cl)c1. The number of alkyl halides is 3. The normalized spacial score (nSPS) is 12.7. The first kappa shape index (κ1) is 14.1. The average molecular weight is 289 g/mol. The van der Waals surface area contributed by atoms with Gasteiger partial charge in [-0.05, 0) is 18.2 Å². The highest BCUT2D eigenvalue weighted by Crippen LogP contribution is 2.24. The highest BCUT2D eigenvalue weighted by molar-refractivity contribution is 7.89. The first-order chi connectivity index (χ1) is 7.62. The topological polar surface area (TPSA) is 72.2 Å². The van der Waals surface area contributed by atoms with Crippen LogP contribution in [0.4, 0.5) is 18.9 Å². The number of halogens is 4. The minimum Gasteiger partial charge on any atom is -0.399 e. The fourth-order valence-electron chi connectivity index (χ4n) is 0.990. The van der Waals surface area contributed by atoms with Crippen molar-refractivity contribution in [2.75, 3.05) is 12.3 Å². The third-order valence-electron chi connectivity index (χ3n) is 1.71. The van der Waals surface area contributed by atoms with E-state index in [1.807, 2.05) is 0 Å². The van der Waals surface area contributed by atoms with Gasteiger partial charge in [-0.1, -0.05) is 11.6 Å². The lowest BCUT2D eigenvalue weighted by Gasteiger charge is -2.10. The minimum atomic E-state index is -4.63. The molecule has 1 aromatic rings. The largest absolute Gasteiger partial charge is 0.402 e. The van der Waals surface area contributed by atoms with Crippen LogP contribution >= 0.6 is 11.6 Å². The van der Waals surface area contributed by atoms with Gasteiger partial charge in [0.1, 0.15) is 11.4 Å². The highest BCUT2D eigenvalue weighted by Gasteiger charge is 2.30. The van der Waals surface area contributed by atoms with Crippen LogP contribution in [0.2, 0.25) is 5.02 Å². The molecule has 0 heterocycles. The van der Waals surface area contributed by atoms with Crippen molar-refractivity contribution in [1.29, 1.82) is 0 Å². The van der Waals surface area contributed by atoms with Crippen LogP contribution in [0.25, 0.3) is 0 Å². The van der Waals surface area contributed by atoms with Gasteiger partial charge in [-0.15, -0.1) is 0 Å². The maximum Gasteiger partial charge on any atom is 0.402 e. The van der Waals surface area contributed by atoms with Gasteiger partial charge in [-0.25, -0.2) is 13.1 Å². The Balaban J connectivity index is 2.98. The van der Waals surface area contributed by atoms with E-state index in [1.54, 1.807) is 0 Å². The van der Waals surface area contributed by atoms with Gasteiger partial charge in [-0.2, -0.15) is 13.2 Å². The summed E-state index contributed by atoms with van der Waals surface area (Å²) < 4.78 is 60.0. The Morgan fingerprint density at radius 1 is 1.35 bits per heavy atom. The maximum absolute atomic E-state index is 11.9. The van der Waals surface area contributed by atoms with E-state index in [1.165, 1.54) is 10.8 Å². The van der Waals surface area contributed by atoms with E-state index in [0.29, 0.717) is 0 Å². The zero-order valence-electron chi connectivity index (χ0n) is 8.25. The molecule has 0 aromatic heterocycles. The van der Waals surface area contributed by atoms with E-state index < -0.39 is 27.6 Å². The summed E-state index contributed by atoms with van der Waals surface area (Å²) in [5, 5.41) is -0.236. The fourth-order valence-corrected chi connectivity index (χ4v) is 2.56. The Hall–Kier alpha value is -0.990. The van der Waals surface area contributed by atoms with Gasteiger partial charge in [0.05, 0.1) is 5.02 Å². The molecule has 17 heavy (non-hydrogen) atoms. The molecule has 0 unspecified atom stereocenters. The lowest BCUT2D eigenvalue weighted by molar-refractivity contribution is -0.121. The monoisotopic (exact) mass is 288 g/mol. The molecule has 3 N–H and O–H groups in total. The lowest BCUT2D eigenvalue weighted by atomic mass is 10.3. The van der Waals surface area contributed by atoms with Crippen molar-refractivity contribution in [1.82, 2.24) is 4.72 Å². The number of anilines is 1. The molecular formula is C8H8ClF3N2O2S. The van der Waals surface area contributed by atoms with Crippen LogP contribution < -0.4 is 10.5 Å². The molecule has 0 aliphatic carbocycles. The number of benzene rings is 1. The van der Waals surface area contributed by atoms with Crippen LogP contribution in [0, 0.1) is 0 Å². The summed E-state index contributed by atoms with van der Waals surface area (Å²) in [5.74, 6) is 0. The van der Waals surface area contributed by atoms with Crippen molar-refractivity contribution in [3.05, 3.63) is 23.2 Å². The Morgan fingerprint density at radius 2 is 1.94 bits per heavy atom. The molecule has 0 aliphatic heterocycles. The molecule has 0 atom stereocenters. The van der Waals surface area contributed by atoms with E-state index in [2.05, 4.69) is 0 Å². The Labute approximate surface area is 101 Å². The summed E-state index contributed by atoms with van der Waals surface area (Å²) in [7, 11) is -4.30. The number of hydrogen-bond donors (Lipinski definition) is 2. The predicted molar refractivity (Wildman–Crippen MR) is 57.1 cm³/mol. The van der Waals surface area contributed by atoms with Crippen molar-refractivity contribution in [3.63, 3.8) is 0 Å². The van der Waals surface area contributed by atoms with E-state index >= 15 is 0 Å². The van der Waals surface area contributed by atoms with Crippen molar-refractivity contribution in [3.8, 4) is 0 Å². The first-order valence-electron chi connectivity index (χ1n) is 4.23. The molecule has 4 nitrogen and oxygen atoms in total. The molecule has 9 heteroatoms. The molecule has 0 aliphatic rings. The summed E-state index contributed by atoms with van der Waals surface area (Å²) in [5.41, 5.74) is 5.55. The minimum absolute atomic E-state index is 0.213. The van der Waals surface area contributed by atoms with Crippen LogP contribution in [0.3, 0.4) is 0 Å². The van der Waals surface area contributed by atoms with Gasteiger partial charge in [0, 0.05) is 5.69 Å². The smallest absolute Gasteiger partial charge is 0.399 e. The van der Waals surface area contributed by atoms with Crippen LogP contribution in [-0.4, -0.2) is 21.1 Å². The summed E-state index contributed by atoms with van der Waals surface area (Å²) in [6.07, 6.45) is -4.63. The Morgan fingerprint density at radius 3 is 2.41 bits per heavy atom. The van der Waals surface area contributed by atoms with Crippen molar-refractivity contribution < 1.29 is 21.6 Å². The summed E-state index contributed by atoms with van der Waals surface area (Å²) >= 11 is 5.58. The van der Waals surface area contributed by atoms with E-state index in [9.17, 15) is 21.6 Å². The molecule has 0 bridgehead atoms. The first-order valence-corrected chi connectivity index (χ1v) is 6.09. The molecule has 1 rings (SSSR count). The van der Waals surface area contributed by atoms with Crippen LogP contribution in [0.15, 0.2) is 23.1 Å². The van der Waals surface area contributed by atoms with E-state index in [4.69, 9.17) is 17.3 Å². The lowest BCUT2D eigenvalue weighted by Crippen LogP contribution is -2.33. The second-order valence-electron chi connectivity index (χ2n) is 3.13. The Bertz CT molecular complexity index is 516.